The van der Waals surface area contributed by atoms with Crippen LogP contribution in [0.4, 0.5) is 0 Å². The van der Waals surface area contributed by atoms with Gasteiger partial charge in [-0.25, -0.2) is 4.79 Å². The van der Waals surface area contributed by atoms with Crippen molar-refractivity contribution in [3.63, 3.8) is 0 Å². The van der Waals surface area contributed by atoms with Gasteiger partial charge in [-0.15, -0.1) is 0 Å². The van der Waals surface area contributed by atoms with Gasteiger partial charge < -0.3 is 14.2 Å². The van der Waals surface area contributed by atoms with Crippen LogP contribution in [0.25, 0.3) is 10.8 Å². The van der Waals surface area contributed by atoms with Crippen LogP contribution >= 0.6 is 0 Å². The first kappa shape index (κ1) is 13.4. The molecule has 0 unspecified atom stereocenters. The van der Waals surface area contributed by atoms with E-state index in [1.54, 1.807) is 7.11 Å². The van der Waals surface area contributed by atoms with Crippen LogP contribution in [0.3, 0.4) is 0 Å². The molecule has 0 fully saturated rings. The Bertz CT molecular complexity index is 577. The number of fused-ring (bicyclic) bond motifs is 1. The maximum absolute atomic E-state index is 11.2. The van der Waals surface area contributed by atoms with Crippen LogP contribution in [0.5, 0.6) is 5.75 Å². The summed E-state index contributed by atoms with van der Waals surface area (Å²) in [6, 6.07) is 11.8. The van der Waals surface area contributed by atoms with Crippen molar-refractivity contribution in [1.29, 1.82) is 0 Å². The maximum atomic E-state index is 11.2. The SMILES string of the molecule is COCC(=O)OCc1ccc2cc(OC)ccc2c1. The predicted molar refractivity (Wildman–Crippen MR) is 72.2 cm³/mol. The minimum Gasteiger partial charge on any atom is -0.497 e. The molecule has 4 nitrogen and oxygen atoms in total. The summed E-state index contributed by atoms with van der Waals surface area (Å²) < 4.78 is 14.9. The van der Waals surface area contributed by atoms with Crippen LogP contribution in [-0.2, 0) is 20.9 Å². The van der Waals surface area contributed by atoms with Gasteiger partial charge in [0.25, 0.3) is 0 Å². The Morgan fingerprint density at radius 2 is 1.79 bits per heavy atom. The quantitative estimate of drug-likeness (QED) is 0.775. The normalized spacial score (nSPS) is 10.4. The van der Waals surface area contributed by atoms with Crippen molar-refractivity contribution in [2.24, 2.45) is 0 Å². The molecule has 2 aromatic carbocycles. The van der Waals surface area contributed by atoms with E-state index in [9.17, 15) is 4.79 Å². The number of carbonyl (C=O) groups is 1. The lowest BCUT2D eigenvalue weighted by Crippen LogP contribution is -2.10. The van der Waals surface area contributed by atoms with Crippen LogP contribution in [-0.4, -0.2) is 26.8 Å². The number of esters is 1. The third kappa shape index (κ3) is 3.45. The van der Waals surface area contributed by atoms with E-state index < -0.39 is 0 Å². The molecule has 19 heavy (non-hydrogen) atoms. The van der Waals surface area contributed by atoms with Crippen molar-refractivity contribution >= 4 is 16.7 Å². The summed E-state index contributed by atoms with van der Waals surface area (Å²) in [6.45, 7) is 0.231. The fraction of sp³-hybridized carbons (Fsp3) is 0.267. The van der Waals surface area contributed by atoms with Gasteiger partial charge in [-0.1, -0.05) is 18.2 Å². The molecule has 2 rings (SSSR count). The van der Waals surface area contributed by atoms with E-state index >= 15 is 0 Å². The highest BCUT2D eigenvalue weighted by Crippen LogP contribution is 2.22. The Morgan fingerprint density at radius 3 is 2.53 bits per heavy atom. The molecular weight excluding hydrogens is 244 g/mol. The van der Waals surface area contributed by atoms with Crippen molar-refractivity contribution in [1.82, 2.24) is 0 Å². The molecule has 0 amide bonds. The van der Waals surface area contributed by atoms with E-state index in [0.717, 1.165) is 22.1 Å². The van der Waals surface area contributed by atoms with Gasteiger partial charge in [-0.3, -0.25) is 0 Å². The fourth-order valence-corrected chi connectivity index (χ4v) is 1.81. The summed E-state index contributed by atoms with van der Waals surface area (Å²) in [4.78, 5) is 11.2. The number of benzene rings is 2. The van der Waals surface area contributed by atoms with Crippen LogP contribution in [0.15, 0.2) is 36.4 Å². The van der Waals surface area contributed by atoms with E-state index in [4.69, 9.17) is 14.2 Å². The first-order valence-electron chi connectivity index (χ1n) is 5.94. The molecule has 0 N–H and O–H groups in total. The zero-order valence-electron chi connectivity index (χ0n) is 11.0. The average molecular weight is 260 g/mol. The number of carbonyl (C=O) groups excluding carboxylic acids is 1. The Balaban J connectivity index is 2.11. The summed E-state index contributed by atoms with van der Waals surface area (Å²) >= 11 is 0. The Morgan fingerprint density at radius 1 is 1.05 bits per heavy atom. The molecule has 0 heterocycles. The van der Waals surface area contributed by atoms with Crippen molar-refractivity contribution < 1.29 is 19.0 Å². The molecule has 100 valence electrons. The summed E-state index contributed by atoms with van der Waals surface area (Å²) in [5.41, 5.74) is 0.946. The average Bonchev–Trinajstić information content (AvgIpc) is 2.44. The molecule has 0 aromatic heterocycles. The minimum absolute atomic E-state index is 0.0230. The second-order valence-electron chi connectivity index (χ2n) is 4.14. The first-order chi connectivity index (χ1) is 9.22. The van der Waals surface area contributed by atoms with Gasteiger partial charge >= 0.3 is 5.97 Å². The standard InChI is InChI=1S/C15H16O4/c1-17-10-15(16)19-9-11-3-4-13-8-14(18-2)6-5-12(13)7-11/h3-8H,9-10H2,1-2H3. The van der Waals surface area contributed by atoms with Gasteiger partial charge in [-0.05, 0) is 34.5 Å². The van der Waals surface area contributed by atoms with Gasteiger partial charge in [0.05, 0.1) is 7.11 Å². The Kier molecular flexibility index (Phi) is 4.36. The van der Waals surface area contributed by atoms with Gasteiger partial charge in [-0.2, -0.15) is 0 Å². The first-order valence-corrected chi connectivity index (χ1v) is 5.94. The van der Waals surface area contributed by atoms with Crippen LogP contribution < -0.4 is 4.74 Å². The summed E-state index contributed by atoms with van der Waals surface area (Å²) in [6.07, 6.45) is 0. The summed E-state index contributed by atoms with van der Waals surface area (Å²) in [5, 5.41) is 2.17. The fourth-order valence-electron chi connectivity index (χ4n) is 1.81. The third-order valence-corrected chi connectivity index (χ3v) is 2.77. The van der Waals surface area contributed by atoms with Crippen LogP contribution in [0.1, 0.15) is 5.56 Å². The summed E-state index contributed by atoms with van der Waals surface area (Å²) in [7, 11) is 3.11. The predicted octanol–water partition coefficient (Wildman–Crippen LogP) is 2.54. The molecule has 0 saturated heterocycles. The zero-order valence-corrected chi connectivity index (χ0v) is 11.0. The van der Waals surface area contributed by atoms with Gasteiger partial charge in [0, 0.05) is 7.11 Å². The van der Waals surface area contributed by atoms with Crippen molar-refractivity contribution in [2.45, 2.75) is 6.61 Å². The number of rotatable bonds is 5. The topological polar surface area (TPSA) is 44.8 Å². The van der Waals surface area contributed by atoms with Crippen LogP contribution in [0.2, 0.25) is 0 Å². The highest BCUT2D eigenvalue weighted by atomic mass is 16.6. The molecule has 0 aliphatic carbocycles. The number of hydrogen-bond acceptors (Lipinski definition) is 4. The minimum atomic E-state index is -0.364. The monoisotopic (exact) mass is 260 g/mol. The highest BCUT2D eigenvalue weighted by molar-refractivity contribution is 5.84. The van der Waals surface area contributed by atoms with E-state index in [2.05, 4.69) is 0 Å². The highest BCUT2D eigenvalue weighted by Gasteiger charge is 2.03. The second kappa shape index (κ2) is 6.20. The van der Waals surface area contributed by atoms with E-state index in [-0.39, 0.29) is 19.2 Å². The molecule has 2 aromatic rings. The lowest BCUT2D eigenvalue weighted by atomic mass is 10.1. The molecule has 0 saturated carbocycles. The molecule has 0 aliphatic heterocycles. The number of hydrogen-bond donors (Lipinski definition) is 0. The van der Waals surface area contributed by atoms with Crippen molar-refractivity contribution in [3.05, 3.63) is 42.0 Å². The molecule has 4 heteroatoms. The molecule has 0 spiro atoms. The molecule has 0 bridgehead atoms. The number of methoxy groups -OCH3 is 2. The molecular formula is C15H16O4. The van der Waals surface area contributed by atoms with Crippen molar-refractivity contribution in [2.75, 3.05) is 20.8 Å². The Hall–Kier alpha value is -2.07. The summed E-state index contributed by atoms with van der Waals surface area (Å²) in [5.74, 6) is 0.462. The zero-order chi connectivity index (χ0) is 13.7. The van der Waals surface area contributed by atoms with Gasteiger partial charge in [0.15, 0.2) is 0 Å². The van der Waals surface area contributed by atoms with Crippen molar-refractivity contribution in [3.8, 4) is 5.75 Å². The molecule has 0 atom stereocenters. The second-order valence-corrected chi connectivity index (χ2v) is 4.14. The maximum Gasteiger partial charge on any atom is 0.332 e. The third-order valence-electron chi connectivity index (χ3n) is 2.77. The lowest BCUT2D eigenvalue weighted by Gasteiger charge is -2.07. The van der Waals surface area contributed by atoms with E-state index in [1.807, 2.05) is 36.4 Å². The van der Waals surface area contributed by atoms with E-state index in [1.165, 1.54) is 7.11 Å². The van der Waals surface area contributed by atoms with Crippen LogP contribution in [0, 0.1) is 0 Å². The lowest BCUT2D eigenvalue weighted by molar-refractivity contribution is -0.149. The number of ether oxygens (including phenoxy) is 3. The Labute approximate surface area is 111 Å². The smallest absolute Gasteiger partial charge is 0.332 e. The molecule has 0 aliphatic rings. The van der Waals surface area contributed by atoms with Gasteiger partial charge in [0.2, 0.25) is 0 Å². The van der Waals surface area contributed by atoms with E-state index in [0.29, 0.717) is 0 Å². The largest absolute Gasteiger partial charge is 0.497 e. The molecule has 0 radical (unpaired) electrons. The van der Waals surface area contributed by atoms with Gasteiger partial charge in [0.1, 0.15) is 19.0 Å².